The Morgan fingerprint density at radius 1 is 1.13 bits per heavy atom. The highest BCUT2D eigenvalue weighted by atomic mass is 35.5. The zero-order valence-corrected chi connectivity index (χ0v) is 17.5. The number of ether oxygens (including phenoxy) is 1. The van der Waals surface area contributed by atoms with Crippen LogP contribution in [-0.4, -0.2) is 43.8 Å². The van der Waals surface area contributed by atoms with Crippen LogP contribution in [0.4, 0.5) is 17.1 Å². The number of morpholine rings is 1. The van der Waals surface area contributed by atoms with Crippen LogP contribution in [0.25, 0.3) is 0 Å². The van der Waals surface area contributed by atoms with Gasteiger partial charge >= 0.3 is 0 Å². The second kappa shape index (κ2) is 8.85. The average Bonchev–Trinajstić information content (AvgIpc) is 2.75. The summed E-state index contributed by atoms with van der Waals surface area (Å²) in [5.41, 5.74) is 3.49. The van der Waals surface area contributed by atoms with Crippen molar-refractivity contribution in [3.63, 3.8) is 0 Å². The number of carbonyl (C=O) groups is 2. The number of hydrogen-bond donors (Lipinski definition) is 1. The molecule has 156 valence electrons. The minimum Gasteiger partial charge on any atom is -0.378 e. The molecule has 1 N–H and O–H groups in total. The number of amides is 2. The quantitative estimate of drug-likeness (QED) is 0.810. The molecule has 0 saturated carbocycles. The maximum Gasteiger partial charge on any atom is 0.271 e. The maximum absolute atomic E-state index is 13.0. The van der Waals surface area contributed by atoms with Crippen molar-refractivity contribution >= 4 is 46.2 Å². The van der Waals surface area contributed by atoms with Gasteiger partial charge in [-0.05, 0) is 42.8 Å². The van der Waals surface area contributed by atoms with Crippen molar-refractivity contribution in [3.8, 4) is 0 Å². The Kier molecular flexibility index (Phi) is 6.01. The summed E-state index contributed by atoms with van der Waals surface area (Å²) in [5.74, 6) is -0.467. The molecule has 0 unspecified atom stereocenters. The summed E-state index contributed by atoms with van der Waals surface area (Å²) in [6.45, 7) is 4.69. The fourth-order valence-corrected chi connectivity index (χ4v) is 3.73. The van der Waals surface area contributed by atoms with E-state index in [1.165, 1.54) is 5.01 Å². The van der Waals surface area contributed by atoms with Crippen LogP contribution in [-0.2, 0) is 14.3 Å². The average molecular weight is 427 g/mol. The highest BCUT2D eigenvalue weighted by Crippen LogP contribution is 2.30. The van der Waals surface area contributed by atoms with E-state index in [9.17, 15) is 9.59 Å². The van der Waals surface area contributed by atoms with Gasteiger partial charge in [-0.3, -0.25) is 9.59 Å². The standard InChI is InChI=1S/C22H23ClN4O3/c1-15-3-2-4-17(13-15)27-21(28)8-6-18(25-27)22(29)24-19-14-16(23)5-7-20(19)26-9-11-30-12-10-26/h2-5,7,13-14H,6,8-12H2,1H3,(H,24,29). The van der Waals surface area contributed by atoms with Gasteiger partial charge in [0, 0.05) is 31.0 Å². The van der Waals surface area contributed by atoms with Gasteiger partial charge in [-0.15, -0.1) is 0 Å². The Morgan fingerprint density at radius 2 is 1.93 bits per heavy atom. The van der Waals surface area contributed by atoms with Gasteiger partial charge in [-0.1, -0.05) is 23.7 Å². The molecular formula is C22H23ClN4O3. The number of rotatable bonds is 4. The molecule has 2 aromatic rings. The maximum atomic E-state index is 13.0. The second-order valence-corrected chi connectivity index (χ2v) is 7.74. The second-order valence-electron chi connectivity index (χ2n) is 7.31. The van der Waals surface area contributed by atoms with Gasteiger partial charge in [0.15, 0.2) is 0 Å². The van der Waals surface area contributed by atoms with Gasteiger partial charge in [0.25, 0.3) is 5.91 Å². The summed E-state index contributed by atoms with van der Waals surface area (Å²) in [6.07, 6.45) is 0.520. The van der Waals surface area contributed by atoms with Gasteiger partial charge in [0.1, 0.15) is 5.71 Å². The van der Waals surface area contributed by atoms with Crippen LogP contribution in [0.2, 0.25) is 5.02 Å². The molecular weight excluding hydrogens is 404 g/mol. The molecule has 2 aliphatic rings. The fraction of sp³-hybridized carbons (Fsp3) is 0.318. The van der Waals surface area contributed by atoms with Crippen LogP contribution >= 0.6 is 11.6 Å². The zero-order valence-electron chi connectivity index (χ0n) is 16.7. The number of aryl methyl sites for hydroxylation is 1. The third kappa shape index (κ3) is 4.47. The van der Waals surface area contributed by atoms with Crippen molar-refractivity contribution in [2.24, 2.45) is 5.10 Å². The molecule has 1 saturated heterocycles. The molecule has 2 amide bonds. The Labute approximate surface area is 180 Å². The number of carbonyl (C=O) groups excluding carboxylic acids is 2. The molecule has 2 aromatic carbocycles. The predicted octanol–water partition coefficient (Wildman–Crippen LogP) is 3.61. The van der Waals surface area contributed by atoms with Gasteiger partial charge in [-0.25, -0.2) is 5.01 Å². The molecule has 8 heteroatoms. The minimum absolute atomic E-state index is 0.131. The van der Waals surface area contributed by atoms with Crippen LogP contribution in [0.3, 0.4) is 0 Å². The minimum atomic E-state index is -0.336. The van der Waals surface area contributed by atoms with Gasteiger partial charge in [-0.2, -0.15) is 5.10 Å². The van der Waals surface area contributed by atoms with Crippen LogP contribution in [0, 0.1) is 6.92 Å². The number of hydrazone groups is 1. The van der Waals surface area contributed by atoms with Crippen molar-refractivity contribution in [3.05, 3.63) is 53.1 Å². The van der Waals surface area contributed by atoms with E-state index in [1.54, 1.807) is 12.1 Å². The highest BCUT2D eigenvalue weighted by molar-refractivity contribution is 6.44. The molecule has 1 fully saturated rings. The van der Waals surface area contributed by atoms with Gasteiger partial charge in [0.2, 0.25) is 5.91 Å². The summed E-state index contributed by atoms with van der Waals surface area (Å²) >= 11 is 6.18. The van der Waals surface area contributed by atoms with Crippen LogP contribution < -0.4 is 15.2 Å². The molecule has 0 bridgehead atoms. The van der Waals surface area contributed by atoms with Crippen LogP contribution in [0.1, 0.15) is 18.4 Å². The van der Waals surface area contributed by atoms with Crippen molar-refractivity contribution in [2.75, 3.05) is 41.5 Å². The Hall–Kier alpha value is -2.90. The van der Waals surface area contributed by atoms with Crippen molar-refractivity contribution in [1.29, 1.82) is 0 Å². The molecule has 0 radical (unpaired) electrons. The van der Waals surface area contributed by atoms with E-state index in [2.05, 4.69) is 15.3 Å². The van der Waals surface area contributed by atoms with E-state index in [0.717, 1.165) is 24.3 Å². The summed E-state index contributed by atoms with van der Waals surface area (Å²) < 4.78 is 5.42. The normalized spacial score (nSPS) is 17.0. The molecule has 0 aromatic heterocycles. The number of hydrogen-bond acceptors (Lipinski definition) is 5. The number of anilines is 3. The SMILES string of the molecule is Cc1cccc(N2N=C(C(=O)Nc3cc(Cl)ccc3N3CCOCC3)CCC2=O)c1. The lowest BCUT2D eigenvalue weighted by atomic mass is 10.1. The molecule has 2 aliphatic heterocycles. The zero-order chi connectivity index (χ0) is 21.1. The van der Waals surface area contributed by atoms with Crippen molar-refractivity contribution in [1.82, 2.24) is 0 Å². The fourth-order valence-electron chi connectivity index (χ4n) is 3.56. The molecule has 0 spiro atoms. The Balaban J connectivity index is 1.58. The van der Waals surface area contributed by atoms with Gasteiger partial charge in [0.05, 0.1) is 30.3 Å². The summed E-state index contributed by atoms with van der Waals surface area (Å²) in [7, 11) is 0. The Bertz CT molecular complexity index is 1000. The lowest BCUT2D eigenvalue weighted by Gasteiger charge is -2.31. The number of nitrogens with one attached hydrogen (secondary N) is 1. The molecule has 4 rings (SSSR count). The molecule has 7 nitrogen and oxygen atoms in total. The molecule has 0 atom stereocenters. The largest absolute Gasteiger partial charge is 0.378 e. The highest BCUT2D eigenvalue weighted by Gasteiger charge is 2.26. The van der Waals surface area contributed by atoms with E-state index >= 15 is 0 Å². The monoisotopic (exact) mass is 426 g/mol. The molecule has 0 aliphatic carbocycles. The molecule has 2 heterocycles. The van der Waals surface area contributed by atoms with Crippen LogP contribution in [0.15, 0.2) is 47.6 Å². The van der Waals surface area contributed by atoms with E-state index in [0.29, 0.717) is 41.7 Å². The number of nitrogens with zero attached hydrogens (tertiary/aromatic N) is 3. The van der Waals surface area contributed by atoms with Crippen molar-refractivity contribution < 1.29 is 14.3 Å². The smallest absolute Gasteiger partial charge is 0.271 e. The first-order chi connectivity index (χ1) is 14.5. The third-order valence-electron chi connectivity index (χ3n) is 5.10. The van der Waals surface area contributed by atoms with E-state index in [1.807, 2.05) is 37.3 Å². The predicted molar refractivity (Wildman–Crippen MR) is 118 cm³/mol. The van der Waals surface area contributed by atoms with E-state index in [-0.39, 0.29) is 18.2 Å². The first-order valence-corrected chi connectivity index (χ1v) is 10.3. The van der Waals surface area contributed by atoms with Gasteiger partial charge < -0.3 is 15.0 Å². The van der Waals surface area contributed by atoms with Crippen LogP contribution in [0.5, 0.6) is 0 Å². The summed E-state index contributed by atoms with van der Waals surface area (Å²) in [6, 6.07) is 12.9. The number of benzene rings is 2. The molecule has 30 heavy (non-hydrogen) atoms. The lowest BCUT2D eigenvalue weighted by molar-refractivity contribution is -0.118. The van der Waals surface area contributed by atoms with Crippen molar-refractivity contribution in [2.45, 2.75) is 19.8 Å². The topological polar surface area (TPSA) is 74.2 Å². The third-order valence-corrected chi connectivity index (χ3v) is 5.33. The van der Waals surface area contributed by atoms with E-state index < -0.39 is 0 Å². The van der Waals surface area contributed by atoms with E-state index in [4.69, 9.17) is 16.3 Å². The summed E-state index contributed by atoms with van der Waals surface area (Å²) in [5, 5.41) is 9.14. The first kappa shape index (κ1) is 20.4. The number of halogens is 1. The first-order valence-electron chi connectivity index (χ1n) is 9.92. The Morgan fingerprint density at radius 3 is 2.70 bits per heavy atom. The summed E-state index contributed by atoms with van der Waals surface area (Å²) in [4.78, 5) is 27.5. The lowest BCUT2D eigenvalue weighted by Crippen LogP contribution is -2.38.